The van der Waals surface area contributed by atoms with Gasteiger partial charge in [0.1, 0.15) is 11.9 Å². The van der Waals surface area contributed by atoms with Crippen molar-refractivity contribution in [1.82, 2.24) is 0 Å². The second kappa shape index (κ2) is 4.88. The van der Waals surface area contributed by atoms with Gasteiger partial charge in [0.2, 0.25) is 0 Å². The Morgan fingerprint density at radius 1 is 1.24 bits per heavy atom. The van der Waals surface area contributed by atoms with E-state index in [0.717, 1.165) is 19.8 Å². The molecule has 1 N–H and O–H groups in total. The molecule has 0 saturated heterocycles. The highest BCUT2D eigenvalue weighted by Gasteiger charge is 2.15. The molecule has 1 aromatic carbocycles. The average Bonchev–Trinajstić information content (AvgIpc) is 2.62. The summed E-state index contributed by atoms with van der Waals surface area (Å²) in [6, 6.07) is 6.64. The summed E-state index contributed by atoms with van der Waals surface area (Å²) in [6.07, 6.45) is -0.690. The lowest BCUT2D eigenvalue weighted by Gasteiger charge is -2.09. The van der Waals surface area contributed by atoms with Crippen LogP contribution in [0, 0.1) is 19.7 Å². The van der Waals surface area contributed by atoms with Crippen LogP contribution in [0.4, 0.5) is 4.39 Å². The number of benzene rings is 1. The number of hydrogen-bond acceptors (Lipinski definition) is 2. The number of rotatable bonds is 2. The van der Waals surface area contributed by atoms with Crippen molar-refractivity contribution < 1.29 is 9.50 Å². The minimum atomic E-state index is -0.690. The smallest absolute Gasteiger partial charge is 0.126 e. The van der Waals surface area contributed by atoms with Crippen molar-refractivity contribution >= 4 is 27.3 Å². The Hall–Kier alpha value is -0.710. The van der Waals surface area contributed by atoms with Gasteiger partial charge in [0.25, 0.3) is 0 Å². The maximum atomic E-state index is 13.1. The minimum Gasteiger partial charge on any atom is -0.383 e. The summed E-state index contributed by atoms with van der Waals surface area (Å²) < 4.78 is 14.2. The highest BCUT2D eigenvalue weighted by atomic mass is 79.9. The molecule has 0 saturated carbocycles. The maximum Gasteiger partial charge on any atom is 0.126 e. The van der Waals surface area contributed by atoms with Crippen LogP contribution in [0.2, 0.25) is 0 Å². The minimum absolute atomic E-state index is 0.246. The van der Waals surface area contributed by atoms with E-state index >= 15 is 0 Å². The molecule has 1 aromatic heterocycles. The normalized spacial score (nSPS) is 12.8. The molecule has 17 heavy (non-hydrogen) atoms. The molecule has 0 aliphatic rings. The van der Waals surface area contributed by atoms with E-state index in [1.54, 1.807) is 19.1 Å². The third kappa shape index (κ3) is 2.59. The molecule has 0 radical (unpaired) electrons. The first-order valence-corrected chi connectivity index (χ1v) is 6.80. The van der Waals surface area contributed by atoms with Crippen molar-refractivity contribution in [2.75, 3.05) is 0 Å². The van der Waals surface area contributed by atoms with Crippen LogP contribution in [0.5, 0.6) is 0 Å². The molecule has 1 unspecified atom stereocenters. The van der Waals surface area contributed by atoms with Crippen LogP contribution in [-0.2, 0) is 0 Å². The largest absolute Gasteiger partial charge is 0.383 e. The van der Waals surface area contributed by atoms with Crippen LogP contribution in [0.1, 0.15) is 27.7 Å². The zero-order valence-electron chi connectivity index (χ0n) is 9.50. The molecule has 4 heteroatoms. The fourth-order valence-corrected chi connectivity index (χ4v) is 3.21. The van der Waals surface area contributed by atoms with E-state index < -0.39 is 6.10 Å². The van der Waals surface area contributed by atoms with E-state index in [9.17, 15) is 9.50 Å². The van der Waals surface area contributed by atoms with Gasteiger partial charge in [-0.05, 0) is 58.6 Å². The molecule has 0 fully saturated rings. The zero-order chi connectivity index (χ0) is 12.6. The Bertz CT molecular complexity index is 531. The molecule has 0 amide bonds. The van der Waals surface area contributed by atoms with Crippen molar-refractivity contribution in [2.24, 2.45) is 0 Å². The van der Waals surface area contributed by atoms with E-state index in [1.165, 1.54) is 17.4 Å². The van der Waals surface area contributed by atoms with Crippen LogP contribution in [-0.4, -0.2) is 5.11 Å². The van der Waals surface area contributed by atoms with Gasteiger partial charge in [0.05, 0.1) is 3.79 Å². The summed E-state index contributed by atoms with van der Waals surface area (Å²) in [5.41, 5.74) is 2.37. The van der Waals surface area contributed by atoms with Crippen molar-refractivity contribution in [3.63, 3.8) is 0 Å². The Morgan fingerprint density at radius 2 is 1.94 bits per heavy atom. The van der Waals surface area contributed by atoms with Crippen molar-refractivity contribution in [1.29, 1.82) is 0 Å². The fraction of sp³-hybridized carbons (Fsp3) is 0.231. The zero-order valence-corrected chi connectivity index (χ0v) is 11.9. The van der Waals surface area contributed by atoms with Crippen molar-refractivity contribution in [3.8, 4) is 0 Å². The van der Waals surface area contributed by atoms with Gasteiger partial charge in [-0.3, -0.25) is 0 Å². The van der Waals surface area contributed by atoms with Crippen LogP contribution < -0.4 is 0 Å². The lowest BCUT2D eigenvalue weighted by molar-refractivity contribution is 0.224. The quantitative estimate of drug-likeness (QED) is 0.873. The fourth-order valence-electron chi connectivity index (χ4n) is 1.62. The molecule has 0 spiro atoms. The van der Waals surface area contributed by atoms with Gasteiger partial charge in [-0.15, -0.1) is 11.3 Å². The van der Waals surface area contributed by atoms with E-state index in [0.29, 0.717) is 5.56 Å². The molecular weight excluding hydrogens is 303 g/mol. The third-order valence-electron chi connectivity index (χ3n) is 2.64. The Kier molecular flexibility index (Phi) is 3.66. The summed E-state index contributed by atoms with van der Waals surface area (Å²) in [5, 5.41) is 10.2. The molecular formula is C13H12BrFOS. The average molecular weight is 315 g/mol. The molecule has 1 atom stereocenters. The van der Waals surface area contributed by atoms with E-state index in [1.807, 2.05) is 13.0 Å². The third-order valence-corrected chi connectivity index (χ3v) is 4.83. The second-order valence-corrected chi connectivity index (χ2v) is 6.42. The van der Waals surface area contributed by atoms with Gasteiger partial charge in [-0.2, -0.15) is 0 Å². The van der Waals surface area contributed by atoms with Crippen molar-refractivity contribution in [3.05, 3.63) is 55.4 Å². The van der Waals surface area contributed by atoms with Gasteiger partial charge in [-0.25, -0.2) is 4.39 Å². The van der Waals surface area contributed by atoms with Gasteiger partial charge in [-0.1, -0.05) is 12.1 Å². The molecule has 2 rings (SSSR count). The lowest BCUT2D eigenvalue weighted by atomic mass is 10.0. The summed E-state index contributed by atoms with van der Waals surface area (Å²) in [7, 11) is 0. The first-order chi connectivity index (χ1) is 7.99. The van der Waals surface area contributed by atoms with E-state index in [2.05, 4.69) is 15.9 Å². The number of aliphatic hydroxyl groups excluding tert-OH is 1. The van der Waals surface area contributed by atoms with Crippen LogP contribution in [0.3, 0.4) is 0 Å². The summed E-state index contributed by atoms with van der Waals surface area (Å²) >= 11 is 4.93. The Morgan fingerprint density at radius 3 is 2.47 bits per heavy atom. The number of aryl methyl sites for hydroxylation is 2. The van der Waals surface area contributed by atoms with Crippen molar-refractivity contribution in [2.45, 2.75) is 20.0 Å². The molecule has 1 heterocycles. The monoisotopic (exact) mass is 314 g/mol. The first-order valence-electron chi connectivity index (χ1n) is 5.19. The molecule has 2 aromatic rings. The van der Waals surface area contributed by atoms with Gasteiger partial charge in [0.15, 0.2) is 0 Å². The molecule has 1 nitrogen and oxygen atoms in total. The highest BCUT2D eigenvalue weighted by Crippen LogP contribution is 2.34. The second-order valence-electron chi connectivity index (χ2n) is 4.02. The SMILES string of the molecule is Cc1cc(C(O)c2cc(C)c(Br)s2)ccc1F. The lowest BCUT2D eigenvalue weighted by Crippen LogP contribution is -1.98. The summed E-state index contributed by atoms with van der Waals surface area (Å²) in [5.74, 6) is -0.246. The predicted octanol–water partition coefficient (Wildman–Crippen LogP) is 4.35. The predicted molar refractivity (Wildman–Crippen MR) is 72.0 cm³/mol. The molecule has 0 aliphatic heterocycles. The number of halogens is 2. The summed E-state index contributed by atoms with van der Waals surface area (Å²) in [4.78, 5) is 0.861. The van der Waals surface area contributed by atoms with Gasteiger partial charge < -0.3 is 5.11 Å². The first kappa shape index (κ1) is 12.7. The standard InChI is InChI=1S/C13H12BrFOS/c1-7-5-9(3-4-10(7)15)12(16)11-6-8(2)13(14)17-11/h3-6,12,16H,1-2H3. The highest BCUT2D eigenvalue weighted by molar-refractivity contribution is 9.11. The molecule has 0 bridgehead atoms. The Labute approximate surface area is 112 Å². The van der Waals surface area contributed by atoms with Crippen LogP contribution >= 0.6 is 27.3 Å². The molecule has 90 valence electrons. The maximum absolute atomic E-state index is 13.1. The number of aliphatic hydroxyl groups is 1. The number of hydrogen-bond donors (Lipinski definition) is 1. The van der Waals surface area contributed by atoms with Gasteiger partial charge >= 0.3 is 0 Å². The summed E-state index contributed by atoms with van der Waals surface area (Å²) in [6.45, 7) is 3.67. The van der Waals surface area contributed by atoms with Crippen LogP contribution in [0.25, 0.3) is 0 Å². The van der Waals surface area contributed by atoms with Gasteiger partial charge in [0, 0.05) is 4.88 Å². The van der Waals surface area contributed by atoms with E-state index in [-0.39, 0.29) is 5.82 Å². The number of thiophene rings is 1. The van der Waals surface area contributed by atoms with E-state index in [4.69, 9.17) is 0 Å². The molecule has 0 aliphatic carbocycles. The van der Waals surface area contributed by atoms with Crippen LogP contribution in [0.15, 0.2) is 28.1 Å². The topological polar surface area (TPSA) is 20.2 Å². The Balaban J connectivity index is 2.36.